The third-order valence-corrected chi connectivity index (χ3v) is 5.50. The first kappa shape index (κ1) is 17.3. The van der Waals surface area contributed by atoms with Crippen molar-refractivity contribution >= 4 is 5.91 Å². The van der Waals surface area contributed by atoms with Crippen LogP contribution in [0.4, 0.5) is 8.78 Å². The van der Waals surface area contributed by atoms with Gasteiger partial charge in [-0.25, -0.2) is 8.78 Å². The van der Waals surface area contributed by atoms with Gasteiger partial charge in [-0.05, 0) is 57.7 Å². The zero-order chi connectivity index (χ0) is 17.3. The Morgan fingerprint density at radius 2 is 2.17 bits per heavy atom. The summed E-state index contributed by atoms with van der Waals surface area (Å²) in [6.07, 6.45) is 2.58. The van der Waals surface area contributed by atoms with Crippen LogP contribution >= 0.6 is 0 Å². The Bertz CT molecular complexity index is 613. The van der Waals surface area contributed by atoms with E-state index in [0.29, 0.717) is 30.3 Å². The van der Waals surface area contributed by atoms with Crippen LogP contribution in [0.15, 0.2) is 18.2 Å². The highest BCUT2D eigenvalue weighted by atomic mass is 19.1. The van der Waals surface area contributed by atoms with Crippen LogP contribution in [-0.4, -0.2) is 29.9 Å². The number of nitrogens with zero attached hydrogens (tertiary/aromatic N) is 1. The van der Waals surface area contributed by atoms with E-state index in [2.05, 4.69) is 17.1 Å². The van der Waals surface area contributed by atoms with Gasteiger partial charge in [0.1, 0.15) is 11.5 Å². The van der Waals surface area contributed by atoms with Gasteiger partial charge in [0.05, 0.1) is 0 Å². The summed E-state index contributed by atoms with van der Waals surface area (Å²) in [6, 6.07) is 5.19. The molecule has 0 bridgehead atoms. The van der Waals surface area contributed by atoms with Gasteiger partial charge in [0.15, 0.2) is 0 Å². The summed E-state index contributed by atoms with van der Waals surface area (Å²) < 4.78 is 29.3. The number of nitrogens with one attached hydrogen (secondary N) is 1. The Labute approximate surface area is 142 Å². The fourth-order valence-electron chi connectivity index (χ4n) is 3.86. The van der Waals surface area contributed by atoms with E-state index in [4.69, 9.17) is 0 Å². The molecule has 5 heteroatoms. The van der Waals surface area contributed by atoms with Crippen molar-refractivity contribution in [3.63, 3.8) is 0 Å². The van der Waals surface area contributed by atoms with Gasteiger partial charge in [-0.1, -0.05) is 12.1 Å². The minimum absolute atomic E-state index is 0.106. The number of carbonyl (C=O) groups is 1. The number of carbonyl (C=O) groups excluding carboxylic acids is 1. The molecule has 2 aliphatic rings. The van der Waals surface area contributed by atoms with Crippen molar-refractivity contribution in [2.24, 2.45) is 5.92 Å². The number of alkyl halides is 1. The second-order valence-electron chi connectivity index (χ2n) is 7.23. The average Bonchev–Trinajstić information content (AvgIpc) is 2.91. The standard InChI is InChI=1S/C19H26F2N2O/c1-3-22-18(24)15-10-19(21,11-15)16-7-6-14(17(20)9-16)12-23-8-4-5-13(23)2/h6-7,9,13,15H,3-5,8,10-12H2,1-2H3,(H,22,24)/t13-,15-,19-/m1/s1. The molecule has 0 spiro atoms. The lowest BCUT2D eigenvalue weighted by Crippen LogP contribution is -2.45. The number of halogens is 2. The zero-order valence-electron chi connectivity index (χ0n) is 14.4. The number of hydrogen-bond donors (Lipinski definition) is 1. The van der Waals surface area contributed by atoms with Gasteiger partial charge in [0.25, 0.3) is 0 Å². The van der Waals surface area contributed by atoms with Crippen molar-refractivity contribution in [3.8, 4) is 0 Å². The van der Waals surface area contributed by atoms with E-state index < -0.39 is 5.67 Å². The quantitative estimate of drug-likeness (QED) is 0.892. The third-order valence-electron chi connectivity index (χ3n) is 5.50. The number of rotatable bonds is 5. The molecule has 0 unspecified atom stereocenters. The van der Waals surface area contributed by atoms with Crippen molar-refractivity contribution in [2.45, 2.75) is 57.8 Å². The Morgan fingerprint density at radius 1 is 1.42 bits per heavy atom. The van der Waals surface area contributed by atoms with Gasteiger partial charge in [-0.15, -0.1) is 0 Å². The fourth-order valence-corrected chi connectivity index (χ4v) is 3.86. The van der Waals surface area contributed by atoms with Crippen LogP contribution in [0.25, 0.3) is 0 Å². The topological polar surface area (TPSA) is 32.3 Å². The Hall–Kier alpha value is -1.49. The van der Waals surface area contributed by atoms with Gasteiger partial charge in [0.2, 0.25) is 5.91 Å². The number of likely N-dealkylation sites (tertiary alicyclic amines) is 1. The molecule has 2 fully saturated rings. The van der Waals surface area contributed by atoms with Gasteiger partial charge >= 0.3 is 0 Å². The zero-order valence-corrected chi connectivity index (χ0v) is 14.4. The molecule has 1 amide bonds. The van der Waals surface area contributed by atoms with Crippen LogP contribution in [0.5, 0.6) is 0 Å². The molecule has 1 aromatic rings. The Balaban J connectivity index is 1.66. The van der Waals surface area contributed by atoms with Gasteiger partial charge in [-0.3, -0.25) is 9.69 Å². The van der Waals surface area contributed by atoms with Crippen molar-refractivity contribution in [2.75, 3.05) is 13.1 Å². The molecule has 24 heavy (non-hydrogen) atoms. The molecule has 1 aliphatic heterocycles. The minimum Gasteiger partial charge on any atom is -0.356 e. The van der Waals surface area contributed by atoms with E-state index in [9.17, 15) is 13.6 Å². The summed E-state index contributed by atoms with van der Waals surface area (Å²) in [5.41, 5.74) is -0.592. The van der Waals surface area contributed by atoms with E-state index in [1.807, 2.05) is 6.92 Å². The Kier molecular flexibility index (Phi) is 4.90. The summed E-state index contributed by atoms with van der Waals surface area (Å²) in [4.78, 5) is 14.0. The lowest BCUT2D eigenvalue weighted by atomic mass is 9.68. The summed E-state index contributed by atoms with van der Waals surface area (Å²) in [5, 5.41) is 2.72. The fraction of sp³-hybridized carbons (Fsp3) is 0.632. The molecule has 1 atom stereocenters. The first-order valence-electron chi connectivity index (χ1n) is 8.92. The molecular weight excluding hydrogens is 310 g/mol. The van der Waals surface area contributed by atoms with Crippen LogP contribution in [0.3, 0.4) is 0 Å². The summed E-state index contributed by atoms with van der Waals surface area (Å²) in [5.74, 6) is -0.751. The van der Waals surface area contributed by atoms with E-state index in [1.54, 1.807) is 12.1 Å². The highest BCUT2D eigenvalue weighted by molar-refractivity contribution is 5.80. The molecule has 132 valence electrons. The molecule has 0 radical (unpaired) electrons. The highest BCUT2D eigenvalue weighted by Gasteiger charge is 2.49. The van der Waals surface area contributed by atoms with Crippen molar-refractivity contribution in [1.29, 1.82) is 0 Å². The van der Waals surface area contributed by atoms with Crippen LogP contribution in [0, 0.1) is 11.7 Å². The molecule has 0 aromatic heterocycles. The molecule has 1 aromatic carbocycles. The van der Waals surface area contributed by atoms with Crippen LogP contribution in [0.1, 0.15) is 50.7 Å². The van der Waals surface area contributed by atoms with Crippen molar-refractivity contribution < 1.29 is 13.6 Å². The maximum Gasteiger partial charge on any atom is 0.223 e. The first-order chi connectivity index (χ1) is 11.4. The maximum atomic E-state index is 14.9. The molecule has 1 saturated carbocycles. The predicted octanol–water partition coefficient (Wildman–Crippen LogP) is 3.52. The molecule has 3 nitrogen and oxygen atoms in total. The molecular formula is C19H26F2N2O. The van der Waals surface area contributed by atoms with Gasteiger partial charge in [-0.2, -0.15) is 0 Å². The maximum absolute atomic E-state index is 14.9. The largest absolute Gasteiger partial charge is 0.356 e. The summed E-state index contributed by atoms with van der Waals surface area (Å²) in [7, 11) is 0. The van der Waals surface area contributed by atoms with Gasteiger partial charge < -0.3 is 5.32 Å². The lowest BCUT2D eigenvalue weighted by molar-refractivity contribution is -0.134. The summed E-state index contributed by atoms with van der Waals surface area (Å²) >= 11 is 0. The second kappa shape index (κ2) is 6.79. The molecule has 3 rings (SSSR count). The van der Waals surface area contributed by atoms with Crippen LogP contribution in [-0.2, 0) is 17.0 Å². The van der Waals surface area contributed by atoms with Crippen molar-refractivity contribution in [3.05, 3.63) is 35.1 Å². The summed E-state index contributed by atoms with van der Waals surface area (Å²) in [6.45, 7) is 6.12. The normalized spacial score (nSPS) is 30.2. The molecule has 1 aliphatic carbocycles. The molecule has 1 N–H and O–H groups in total. The number of amides is 1. The van der Waals surface area contributed by atoms with E-state index in [0.717, 1.165) is 19.4 Å². The Morgan fingerprint density at radius 3 is 2.75 bits per heavy atom. The SMILES string of the molecule is CCNC(=O)[C@H]1C[C@@](F)(c2ccc(CN3CCC[C@H]3C)c(F)c2)C1. The number of benzene rings is 1. The number of hydrogen-bond acceptors (Lipinski definition) is 2. The molecule has 1 heterocycles. The third kappa shape index (κ3) is 3.32. The lowest BCUT2D eigenvalue weighted by Gasteiger charge is -2.40. The van der Waals surface area contributed by atoms with Gasteiger partial charge in [0, 0.05) is 30.6 Å². The van der Waals surface area contributed by atoms with E-state index in [-0.39, 0.29) is 30.5 Å². The highest BCUT2D eigenvalue weighted by Crippen LogP contribution is 2.49. The van der Waals surface area contributed by atoms with Crippen molar-refractivity contribution in [1.82, 2.24) is 10.2 Å². The van der Waals surface area contributed by atoms with E-state index in [1.165, 1.54) is 6.07 Å². The first-order valence-corrected chi connectivity index (χ1v) is 8.92. The second-order valence-corrected chi connectivity index (χ2v) is 7.23. The smallest absolute Gasteiger partial charge is 0.223 e. The van der Waals surface area contributed by atoms with Crippen LogP contribution < -0.4 is 5.32 Å². The van der Waals surface area contributed by atoms with Crippen LogP contribution in [0.2, 0.25) is 0 Å². The predicted molar refractivity (Wildman–Crippen MR) is 89.7 cm³/mol. The monoisotopic (exact) mass is 336 g/mol. The minimum atomic E-state index is -1.57. The molecule has 1 saturated heterocycles. The average molecular weight is 336 g/mol. The van der Waals surface area contributed by atoms with E-state index >= 15 is 0 Å².